The van der Waals surface area contributed by atoms with Crippen molar-refractivity contribution in [3.05, 3.63) is 71.8 Å². The van der Waals surface area contributed by atoms with Crippen LogP contribution in [0.25, 0.3) is 32.0 Å². The third kappa shape index (κ3) is 6.53. The van der Waals surface area contributed by atoms with E-state index in [4.69, 9.17) is 19.5 Å². The van der Waals surface area contributed by atoms with E-state index in [1.54, 1.807) is 7.39 Å². The Kier molecular flexibility index (Phi) is 9.05. The van der Waals surface area contributed by atoms with Crippen molar-refractivity contribution in [3.8, 4) is 32.0 Å². The number of aliphatic imine (C=N–C) groups is 2. The van der Waals surface area contributed by atoms with E-state index in [0.29, 0.717) is 13.2 Å². The van der Waals surface area contributed by atoms with Gasteiger partial charge in [-0.2, -0.15) is 0 Å². The fraction of sp³-hybridized carbons (Fsp3) is 0.389. The molecule has 4 aromatic rings. The first-order valence-corrected chi connectivity index (χ1v) is 31.0. The van der Waals surface area contributed by atoms with Gasteiger partial charge in [-0.1, -0.05) is 6.92 Å². The molecule has 4 heterocycles. The first kappa shape index (κ1) is 31.8. The molecule has 0 N–H and O–H groups in total. The summed E-state index contributed by atoms with van der Waals surface area (Å²) in [6.45, 7) is 13.1. The zero-order valence-electron chi connectivity index (χ0n) is 27.3. The molecule has 44 heavy (non-hydrogen) atoms. The van der Waals surface area contributed by atoms with Gasteiger partial charge in [-0.15, -0.1) is 0 Å². The molecule has 8 heteroatoms. The predicted molar refractivity (Wildman–Crippen MR) is 198 cm³/mol. The third-order valence-electron chi connectivity index (χ3n) is 8.36. The van der Waals surface area contributed by atoms with Crippen molar-refractivity contribution in [3.63, 3.8) is 0 Å². The van der Waals surface area contributed by atoms with Gasteiger partial charge in [0.25, 0.3) is 0 Å². The molecule has 0 saturated heterocycles. The Balaban J connectivity index is 1.40. The number of rotatable bonds is 9. The van der Waals surface area contributed by atoms with Crippen molar-refractivity contribution in [2.45, 2.75) is 73.2 Å². The maximum atomic E-state index is 5.92. The van der Waals surface area contributed by atoms with Crippen LogP contribution in [0, 0.1) is 0 Å². The van der Waals surface area contributed by atoms with Crippen LogP contribution in [0.2, 0.25) is 34.5 Å². The molecule has 2 aromatic heterocycles. The van der Waals surface area contributed by atoms with Gasteiger partial charge in [-0.05, 0) is 6.42 Å². The first-order valence-electron chi connectivity index (χ1n) is 15.9. The molecule has 2 aromatic carbocycles. The molecule has 2 aliphatic rings. The van der Waals surface area contributed by atoms with Crippen molar-refractivity contribution in [2.75, 3.05) is 13.2 Å². The fourth-order valence-electron chi connectivity index (χ4n) is 5.58. The van der Waals surface area contributed by atoms with Crippen LogP contribution in [0.1, 0.15) is 37.8 Å². The molecule has 4 nitrogen and oxygen atoms in total. The quantitative estimate of drug-likeness (QED) is 0.161. The minimum absolute atomic E-state index is 0.276. The SMILES string of the molecule is CC[C@@H]1COC(c2ccc(-c3c[c]([Sn]([CH3])([CH3])[CH3])sc3-c3cc(-c4ccc(C5=N[C@H](CC)CO5)cc4)c([Si](C)(C)C)s3)cc2)=N1. The van der Waals surface area contributed by atoms with Crippen LogP contribution >= 0.6 is 22.7 Å². The van der Waals surface area contributed by atoms with Gasteiger partial charge in [0.1, 0.15) is 6.61 Å². The molecular weight excluding hydrogens is 703 g/mol. The third-order valence-corrected chi connectivity index (χ3v) is 23.8. The van der Waals surface area contributed by atoms with E-state index in [-0.39, 0.29) is 12.1 Å². The van der Waals surface area contributed by atoms with Crippen molar-refractivity contribution in [2.24, 2.45) is 9.98 Å². The van der Waals surface area contributed by atoms with Crippen LogP contribution < -0.4 is 7.39 Å². The molecule has 0 bridgehead atoms. The molecular formula is C36H44N2O2S2SiSn. The van der Waals surface area contributed by atoms with E-state index in [0.717, 1.165) is 35.8 Å². The number of ether oxygens (including phenoxy) is 2. The zero-order valence-corrected chi connectivity index (χ0v) is 32.8. The molecule has 0 radical (unpaired) electrons. The van der Waals surface area contributed by atoms with E-state index < -0.39 is 26.5 Å². The van der Waals surface area contributed by atoms with Gasteiger partial charge in [0, 0.05) is 0 Å². The number of benzene rings is 2. The average Bonchev–Trinajstić information content (AvgIpc) is 3.81. The molecule has 6 rings (SSSR count). The van der Waals surface area contributed by atoms with Crippen molar-refractivity contribution in [1.29, 1.82) is 0 Å². The van der Waals surface area contributed by atoms with E-state index in [1.807, 2.05) is 22.7 Å². The van der Waals surface area contributed by atoms with Crippen LogP contribution in [0.15, 0.2) is 70.6 Å². The van der Waals surface area contributed by atoms with Gasteiger partial charge in [-0.25, -0.2) is 0 Å². The predicted octanol–water partition coefficient (Wildman–Crippen LogP) is 9.01. The van der Waals surface area contributed by atoms with Gasteiger partial charge in [0.2, 0.25) is 0 Å². The van der Waals surface area contributed by atoms with E-state index in [9.17, 15) is 0 Å². The Bertz CT molecular complexity index is 1710. The number of thiophene rings is 2. The second-order valence-electron chi connectivity index (χ2n) is 14.0. The molecule has 0 saturated carbocycles. The van der Waals surface area contributed by atoms with Crippen molar-refractivity contribution < 1.29 is 9.47 Å². The summed E-state index contributed by atoms with van der Waals surface area (Å²) in [6.07, 6.45) is 2.02. The fourth-order valence-corrected chi connectivity index (χ4v) is 15.6. The molecule has 2 aliphatic heterocycles. The van der Waals surface area contributed by atoms with Crippen LogP contribution in [-0.2, 0) is 9.47 Å². The molecule has 2 atom stereocenters. The van der Waals surface area contributed by atoms with E-state index >= 15 is 0 Å². The number of nitrogens with zero attached hydrogens (tertiary/aromatic N) is 2. The molecule has 230 valence electrons. The average molecular weight is 748 g/mol. The Hall–Kier alpha value is -2.20. The minimum atomic E-state index is -2.33. The van der Waals surface area contributed by atoms with Crippen LogP contribution in [0.4, 0.5) is 0 Å². The van der Waals surface area contributed by atoms with Gasteiger partial charge < -0.3 is 0 Å². The Morgan fingerprint density at radius 1 is 0.705 bits per heavy atom. The van der Waals surface area contributed by atoms with Gasteiger partial charge >= 0.3 is 252 Å². The zero-order chi connectivity index (χ0) is 31.2. The van der Waals surface area contributed by atoms with Crippen molar-refractivity contribution >= 4 is 68.3 Å². The topological polar surface area (TPSA) is 43.2 Å². The summed E-state index contributed by atoms with van der Waals surface area (Å²) in [5.74, 6) is 1.57. The summed E-state index contributed by atoms with van der Waals surface area (Å²) in [7, 11) is -1.62. The monoisotopic (exact) mass is 748 g/mol. The van der Waals surface area contributed by atoms with Gasteiger partial charge in [-0.3, -0.25) is 0 Å². The Morgan fingerprint density at radius 3 is 1.61 bits per heavy atom. The van der Waals surface area contributed by atoms with Gasteiger partial charge in [0.05, 0.1) is 6.04 Å². The van der Waals surface area contributed by atoms with E-state index in [1.165, 1.54) is 32.0 Å². The summed E-state index contributed by atoms with van der Waals surface area (Å²) in [4.78, 5) is 19.9. The first-order chi connectivity index (χ1) is 20.9. The number of hydrogen-bond donors (Lipinski definition) is 0. The molecule has 0 fully saturated rings. The Labute approximate surface area is 276 Å². The number of hydrogen-bond acceptors (Lipinski definition) is 6. The Morgan fingerprint density at radius 2 is 1.18 bits per heavy atom. The van der Waals surface area contributed by atoms with Crippen LogP contribution in [-0.4, -0.2) is 63.5 Å². The van der Waals surface area contributed by atoms with Crippen molar-refractivity contribution in [1.82, 2.24) is 0 Å². The summed E-state index contributed by atoms with van der Waals surface area (Å²) < 4.78 is 15.0. The van der Waals surface area contributed by atoms with Crippen LogP contribution in [0.5, 0.6) is 0 Å². The van der Waals surface area contributed by atoms with Gasteiger partial charge in [0.15, 0.2) is 0 Å². The normalized spacial score (nSPS) is 18.6. The summed E-state index contributed by atoms with van der Waals surface area (Å²) in [5.41, 5.74) is 7.42. The second-order valence-corrected chi connectivity index (χ2v) is 36.9. The van der Waals surface area contributed by atoms with E-state index in [2.05, 4.69) is 109 Å². The second kappa shape index (κ2) is 12.5. The molecule has 0 unspecified atom stereocenters. The maximum absolute atomic E-state index is 5.92. The molecule has 0 amide bonds. The molecule has 0 aliphatic carbocycles. The standard InChI is InChI=1S/C33H35N2O2S2Si.3CH3.Sn/c1-6-25-19-36-31(34-25)23-12-8-21(9-13-23)27-16-17-38-30(27)29-18-28(33(39-29)40(3,4)5)22-10-14-24(15-11-22)32-35-26(7-2)20-37-32;;;;/h8-16,18,25-26H,6-7,19-20H2,1-5H3;3*1H3;/t25-,26-;;;;/m1..../s1. The summed E-state index contributed by atoms with van der Waals surface area (Å²) in [5, 5.41) is 0. The summed E-state index contributed by atoms with van der Waals surface area (Å²) in [6, 6.07) is 23.3. The summed E-state index contributed by atoms with van der Waals surface area (Å²) >= 11 is 1.72. The van der Waals surface area contributed by atoms with Crippen LogP contribution in [0.3, 0.4) is 0 Å². The molecule has 0 spiro atoms.